The molecule has 0 aliphatic carbocycles. The minimum Gasteiger partial charge on any atom is -0.496 e. The van der Waals surface area contributed by atoms with Gasteiger partial charge in [0.15, 0.2) is 0 Å². The SMILES string of the molecule is COc1ccc(CBr)cc1C(Br)C(C)=O. The summed E-state index contributed by atoms with van der Waals surface area (Å²) in [7, 11) is 1.60. The first-order valence-corrected chi connectivity index (χ1v) is 6.51. The molecule has 82 valence electrons. The number of hydrogen-bond acceptors (Lipinski definition) is 2. The number of Topliss-reactive ketones (excluding diaryl/α,β-unsaturated/α-hetero) is 1. The van der Waals surface area contributed by atoms with Gasteiger partial charge in [-0.3, -0.25) is 4.79 Å². The number of carbonyl (C=O) groups excluding carboxylic acids is 1. The smallest absolute Gasteiger partial charge is 0.147 e. The van der Waals surface area contributed by atoms with Gasteiger partial charge in [-0.15, -0.1) is 0 Å². The van der Waals surface area contributed by atoms with Crippen LogP contribution in [0.1, 0.15) is 22.9 Å². The maximum Gasteiger partial charge on any atom is 0.147 e. The largest absolute Gasteiger partial charge is 0.496 e. The van der Waals surface area contributed by atoms with Gasteiger partial charge in [0.2, 0.25) is 0 Å². The van der Waals surface area contributed by atoms with Crippen molar-refractivity contribution in [2.75, 3.05) is 7.11 Å². The molecule has 0 aliphatic heterocycles. The summed E-state index contributed by atoms with van der Waals surface area (Å²) < 4.78 is 5.22. The van der Waals surface area contributed by atoms with Crippen LogP contribution in [-0.2, 0) is 10.1 Å². The lowest BCUT2D eigenvalue weighted by molar-refractivity contribution is -0.116. The van der Waals surface area contributed by atoms with E-state index in [9.17, 15) is 4.79 Å². The highest BCUT2D eigenvalue weighted by Crippen LogP contribution is 2.33. The van der Waals surface area contributed by atoms with Crippen molar-refractivity contribution in [3.8, 4) is 5.75 Å². The van der Waals surface area contributed by atoms with Crippen molar-refractivity contribution < 1.29 is 9.53 Å². The summed E-state index contributed by atoms with van der Waals surface area (Å²) in [4.78, 5) is 11.0. The van der Waals surface area contributed by atoms with Crippen LogP contribution in [0.4, 0.5) is 0 Å². The van der Waals surface area contributed by atoms with Crippen molar-refractivity contribution in [2.24, 2.45) is 0 Å². The fourth-order valence-corrected chi connectivity index (χ4v) is 1.99. The average molecular weight is 336 g/mol. The summed E-state index contributed by atoms with van der Waals surface area (Å²) in [6.45, 7) is 1.56. The number of rotatable bonds is 4. The molecule has 1 aromatic carbocycles. The van der Waals surface area contributed by atoms with Gasteiger partial charge in [0, 0.05) is 10.9 Å². The topological polar surface area (TPSA) is 26.3 Å². The third kappa shape index (κ3) is 3.05. The Morgan fingerprint density at radius 2 is 2.20 bits per heavy atom. The van der Waals surface area contributed by atoms with Crippen LogP contribution < -0.4 is 4.74 Å². The second-order valence-corrected chi connectivity index (χ2v) is 4.66. The molecule has 15 heavy (non-hydrogen) atoms. The Bertz CT molecular complexity index is 364. The van der Waals surface area contributed by atoms with Gasteiger partial charge in [-0.2, -0.15) is 0 Å². The molecule has 0 heterocycles. The van der Waals surface area contributed by atoms with Crippen LogP contribution in [0, 0.1) is 0 Å². The highest BCUT2D eigenvalue weighted by atomic mass is 79.9. The molecule has 0 aromatic heterocycles. The molecule has 1 aromatic rings. The van der Waals surface area contributed by atoms with Crippen molar-refractivity contribution in [3.05, 3.63) is 29.3 Å². The molecule has 0 saturated carbocycles. The molecule has 0 aliphatic rings. The van der Waals surface area contributed by atoms with Crippen LogP contribution in [-0.4, -0.2) is 12.9 Å². The maximum atomic E-state index is 11.3. The number of carbonyl (C=O) groups is 1. The average Bonchev–Trinajstić information content (AvgIpc) is 2.27. The molecule has 0 spiro atoms. The summed E-state index contributed by atoms with van der Waals surface area (Å²) in [5, 5.41) is 0.765. The zero-order chi connectivity index (χ0) is 11.4. The Morgan fingerprint density at radius 1 is 1.53 bits per heavy atom. The molecule has 1 rings (SSSR count). The zero-order valence-corrected chi connectivity index (χ0v) is 11.8. The Hall–Kier alpha value is -0.350. The lowest BCUT2D eigenvalue weighted by Crippen LogP contribution is -2.04. The van der Waals surface area contributed by atoms with Gasteiger partial charge in [-0.05, 0) is 24.6 Å². The molecule has 1 unspecified atom stereocenters. The maximum absolute atomic E-state index is 11.3. The predicted octanol–water partition coefficient (Wildman–Crippen LogP) is 3.62. The van der Waals surface area contributed by atoms with E-state index in [0.29, 0.717) is 0 Å². The van der Waals surface area contributed by atoms with E-state index in [0.717, 1.165) is 22.2 Å². The minimum absolute atomic E-state index is 0.0695. The minimum atomic E-state index is -0.300. The van der Waals surface area contributed by atoms with Gasteiger partial charge in [0.1, 0.15) is 16.4 Å². The number of ether oxygens (including phenoxy) is 1. The summed E-state index contributed by atoms with van der Waals surface area (Å²) in [6.07, 6.45) is 0. The van der Waals surface area contributed by atoms with Crippen LogP contribution >= 0.6 is 31.9 Å². The van der Waals surface area contributed by atoms with E-state index in [2.05, 4.69) is 31.9 Å². The van der Waals surface area contributed by atoms with Crippen molar-refractivity contribution in [2.45, 2.75) is 17.1 Å². The van der Waals surface area contributed by atoms with Gasteiger partial charge < -0.3 is 4.74 Å². The standard InChI is InChI=1S/C11H12Br2O2/c1-7(14)11(13)9-5-8(6-12)3-4-10(9)15-2/h3-5,11H,6H2,1-2H3. The number of ketones is 1. The molecule has 0 radical (unpaired) electrons. The third-order valence-corrected chi connectivity index (χ3v) is 3.86. The number of hydrogen-bond donors (Lipinski definition) is 0. The molecule has 0 saturated heterocycles. The second-order valence-electron chi connectivity index (χ2n) is 3.18. The molecular formula is C11H12Br2O2. The van der Waals surface area contributed by atoms with Crippen LogP contribution in [0.25, 0.3) is 0 Å². The first-order valence-electron chi connectivity index (χ1n) is 4.47. The van der Waals surface area contributed by atoms with Crippen LogP contribution in [0.5, 0.6) is 5.75 Å². The van der Waals surface area contributed by atoms with E-state index >= 15 is 0 Å². The molecule has 0 amide bonds. The van der Waals surface area contributed by atoms with E-state index in [1.165, 1.54) is 0 Å². The Morgan fingerprint density at radius 3 is 2.67 bits per heavy atom. The van der Waals surface area contributed by atoms with Crippen molar-refractivity contribution >= 4 is 37.6 Å². The summed E-state index contributed by atoms with van der Waals surface area (Å²) in [5.41, 5.74) is 2.00. The fourth-order valence-electron chi connectivity index (χ4n) is 1.28. The second kappa shape index (κ2) is 5.66. The van der Waals surface area contributed by atoms with Crippen LogP contribution in [0.15, 0.2) is 18.2 Å². The third-order valence-electron chi connectivity index (χ3n) is 2.08. The van der Waals surface area contributed by atoms with E-state index in [1.807, 2.05) is 18.2 Å². The summed E-state index contributed by atoms with van der Waals surface area (Å²) >= 11 is 6.74. The van der Waals surface area contributed by atoms with Gasteiger partial charge in [-0.1, -0.05) is 37.9 Å². The van der Waals surface area contributed by atoms with E-state index in [1.54, 1.807) is 14.0 Å². The lowest BCUT2D eigenvalue weighted by atomic mass is 10.1. The molecule has 0 fully saturated rings. The molecule has 0 N–H and O–H groups in total. The molecule has 1 atom stereocenters. The van der Waals surface area contributed by atoms with Gasteiger partial charge >= 0.3 is 0 Å². The molecule has 4 heteroatoms. The van der Waals surface area contributed by atoms with Crippen molar-refractivity contribution in [1.29, 1.82) is 0 Å². The fraction of sp³-hybridized carbons (Fsp3) is 0.364. The summed E-state index contributed by atoms with van der Waals surface area (Å²) in [5.74, 6) is 0.803. The van der Waals surface area contributed by atoms with Crippen molar-refractivity contribution in [3.63, 3.8) is 0 Å². The Labute approximate surface area is 106 Å². The number of halogens is 2. The predicted molar refractivity (Wildman–Crippen MR) is 68.0 cm³/mol. The van der Waals surface area contributed by atoms with E-state index < -0.39 is 0 Å². The number of alkyl halides is 2. The highest BCUT2D eigenvalue weighted by molar-refractivity contribution is 9.09. The summed E-state index contributed by atoms with van der Waals surface area (Å²) in [6, 6.07) is 5.81. The van der Waals surface area contributed by atoms with E-state index in [4.69, 9.17) is 4.74 Å². The van der Waals surface area contributed by atoms with Gasteiger partial charge in [0.25, 0.3) is 0 Å². The van der Waals surface area contributed by atoms with Gasteiger partial charge in [-0.25, -0.2) is 0 Å². The lowest BCUT2D eigenvalue weighted by Gasteiger charge is -2.13. The zero-order valence-electron chi connectivity index (χ0n) is 8.59. The van der Waals surface area contributed by atoms with Crippen molar-refractivity contribution in [1.82, 2.24) is 0 Å². The number of benzene rings is 1. The molecule has 0 bridgehead atoms. The molecule has 2 nitrogen and oxygen atoms in total. The Balaban J connectivity index is 3.16. The first kappa shape index (κ1) is 12.7. The van der Waals surface area contributed by atoms with Crippen LogP contribution in [0.2, 0.25) is 0 Å². The van der Waals surface area contributed by atoms with Gasteiger partial charge in [0.05, 0.1) is 7.11 Å². The Kier molecular flexibility index (Phi) is 4.80. The molecular weight excluding hydrogens is 324 g/mol. The normalized spacial score (nSPS) is 12.3. The monoisotopic (exact) mass is 334 g/mol. The highest BCUT2D eigenvalue weighted by Gasteiger charge is 2.17. The number of methoxy groups -OCH3 is 1. The van der Waals surface area contributed by atoms with Crippen LogP contribution in [0.3, 0.4) is 0 Å². The van der Waals surface area contributed by atoms with E-state index in [-0.39, 0.29) is 10.6 Å². The quantitative estimate of drug-likeness (QED) is 0.785. The first-order chi connectivity index (χ1) is 7.10.